The molecule has 0 bridgehead atoms. The Morgan fingerprint density at radius 2 is 2.16 bits per heavy atom. The predicted molar refractivity (Wildman–Crippen MR) is 74.1 cm³/mol. The average molecular weight is 297 g/mol. The molecule has 0 unspecified atom stereocenters. The van der Waals surface area contributed by atoms with Crippen LogP contribution in [0.15, 0.2) is 35.6 Å². The fourth-order valence-corrected chi connectivity index (χ4v) is 2.47. The van der Waals surface area contributed by atoms with Crippen molar-refractivity contribution in [1.29, 1.82) is 0 Å². The normalized spacial score (nSPS) is 11.2. The predicted octanol–water partition coefficient (Wildman–Crippen LogP) is 0.250. The fraction of sp³-hybridized carbons (Fsp3) is 0.100. The molecule has 7 nitrogen and oxygen atoms in total. The molecular formula is C10H11N5O2S2. The van der Waals surface area contributed by atoms with Gasteiger partial charge in [0.1, 0.15) is 9.88 Å². The summed E-state index contributed by atoms with van der Waals surface area (Å²) in [5.41, 5.74) is 6.14. The number of hydrogen-bond donors (Lipinski definition) is 2. The quantitative estimate of drug-likeness (QED) is 0.784. The van der Waals surface area contributed by atoms with Crippen LogP contribution < -0.4 is 10.5 Å². The molecule has 0 atom stereocenters. The van der Waals surface area contributed by atoms with Crippen molar-refractivity contribution in [2.45, 2.75) is 4.90 Å². The molecule has 2 aromatic heterocycles. The molecule has 0 aliphatic heterocycles. The summed E-state index contributed by atoms with van der Waals surface area (Å²) < 4.78 is 28.0. The van der Waals surface area contributed by atoms with Crippen LogP contribution >= 0.6 is 12.2 Å². The third-order valence-corrected chi connectivity index (χ3v) is 3.83. The number of nitrogens with one attached hydrogen (secondary N) is 1. The first-order valence-electron chi connectivity index (χ1n) is 5.16. The van der Waals surface area contributed by atoms with Gasteiger partial charge in [-0.05, 0) is 12.1 Å². The summed E-state index contributed by atoms with van der Waals surface area (Å²) in [6, 6.07) is 2.85. The van der Waals surface area contributed by atoms with Gasteiger partial charge in [-0.25, -0.2) is 8.42 Å². The first-order chi connectivity index (χ1) is 8.88. The second-order valence-corrected chi connectivity index (χ2v) is 5.87. The maximum Gasteiger partial charge on any atom is 0.263 e. The first-order valence-corrected chi connectivity index (χ1v) is 7.05. The van der Waals surface area contributed by atoms with E-state index in [1.54, 1.807) is 13.2 Å². The van der Waals surface area contributed by atoms with E-state index in [2.05, 4.69) is 14.8 Å². The molecule has 2 heterocycles. The van der Waals surface area contributed by atoms with Crippen LogP contribution in [0.2, 0.25) is 0 Å². The lowest BCUT2D eigenvalue weighted by molar-refractivity contribution is 0.601. The zero-order chi connectivity index (χ0) is 14.0. The number of nitrogens with two attached hydrogens (primary N) is 1. The maximum atomic E-state index is 12.0. The number of anilines is 1. The SMILES string of the molecule is Cn1cc(NS(=O)(=O)c2ccc(C(N)=S)nc2)cn1. The standard InChI is InChI=1S/C10H11N5O2S2/c1-15-6-7(4-13-15)14-19(16,17)8-2-3-9(10(11)18)12-5-8/h2-6,14H,1H3,(H2,11,18). The van der Waals surface area contributed by atoms with Crippen LogP contribution in [0.25, 0.3) is 0 Å². The summed E-state index contributed by atoms with van der Waals surface area (Å²) >= 11 is 4.75. The van der Waals surface area contributed by atoms with Gasteiger partial charge in [0.05, 0.1) is 17.6 Å². The van der Waals surface area contributed by atoms with Crippen molar-refractivity contribution in [3.63, 3.8) is 0 Å². The van der Waals surface area contributed by atoms with Crippen LogP contribution in [0.1, 0.15) is 5.69 Å². The molecule has 9 heteroatoms. The van der Waals surface area contributed by atoms with E-state index < -0.39 is 10.0 Å². The van der Waals surface area contributed by atoms with Gasteiger partial charge < -0.3 is 5.73 Å². The van der Waals surface area contributed by atoms with Gasteiger partial charge in [-0.1, -0.05) is 12.2 Å². The minimum Gasteiger partial charge on any atom is -0.388 e. The maximum absolute atomic E-state index is 12.0. The van der Waals surface area contributed by atoms with E-state index >= 15 is 0 Å². The molecule has 2 aromatic rings. The van der Waals surface area contributed by atoms with Crippen LogP contribution in [-0.2, 0) is 17.1 Å². The number of thiocarbonyl (C=S) groups is 1. The Morgan fingerprint density at radius 1 is 1.42 bits per heavy atom. The fourth-order valence-electron chi connectivity index (χ4n) is 1.37. The Bertz CT molecular complexity index is 706. The molecule has 19 heavy (non-hydrogen) atoms. The molecule has 0 amide bonds. The molecule has 0 spiro atoms. The van der Waals surface area contributed by atoms with E-state index in [4.69, 9.17) is 18.0 Å². The van der Waals surface area contributed by atoms with Crippen molar-refractivity contribution in [3.05, 3.63) is 36.4 Å². The third-order valence-electron chi connectivity index (χ3n) is 2.26. The van der Waals surface area contributed by atoms with Gasteiger partial charge in [0.25, 0.3) is 10.0 Å². The molecule has 0 saturated carbocycles. The Balaban J connectivity index is 2.26. The van der Waals surface area contributed by atoms with E-state index in [9.17, 15) is 8.42 Å². The van der Waals surface area contributed by atoms with Crippen molar-refractivity contribution < 1.29 is 8.42 Å². The van der Waals surface area contributed by atoms with Crippen LogP contribution in [0, 0.1) is 0 Å². The Labute approximate surface area is 115 Å². The number of aryl methyl sites for hydroxylation is 1. The van der Waals surface area contributed by atoms with E-state index in [0.717, 1.165) is 0 Å². The topological polar surface area (TPSA) is 103 Å². The summed E-state index contributed by atoms with van der Waals surface area (Å²) in [5.74, 6) is 0. The smallest absolute Gasteiger partial charge is 0.263 e. The Kier molecular flexibility index (Phi) is 3.49. The molecule has 0 radical (unpaired) electrons. The van der Waals surface area contributed by atoms with Crippen molar-refractivity contribution >= 4 is 32.9 Å². The van der Waals surface area contributed by atoms with Crippen molar-refractivity contribution in [1.82, 2.24) is 14.8 Å². The zero-order valence-electron chi connectivity index (χ0n) is 9.94. The van der Waals surface area contributed by atoms with Crippen LogP contribution in [0.3, 0.4) is 0 Å². The lowest BCUT2D eigenvalue weighted by Gasteiger charge is -2.05. The number of rotatable bonds is 4. The zero-order valence-corrected chi connectivity index (χ0v) is 11.6. The van der Waals surface area contributed by atoms with Gasteiger partial charge in [-0.15, -0.1) is 0 Å². The minimum atomic E-state index is -3.69. The lowest BCUT2D eigenvalue weighted by Crippen LogP contribution is -2.15. The summed E-state index contributed by atoms with van der Waals surface area (Å²) in [4.78, 5) is 4.02. The molecule has 0 aromatic carbocycles. The highest BCUT2D eigenvalue weighted by molar-refractivity contribution is 7.92. The number of pyridine rings is 1. The van der Waals surface area contributed by atoms with Gasteiger partial charge in [-0.3, -0.25) is 14.4 Å². The molecular weight excluding hydrogens is 286 g/mol. The summed E-state index contributed by atoms with van der Waals surface area (Å²) in [6.07, 6.45) is 4.16. The largest absolute Gasteiger partial charge is 0.388 e. The van der Waals surface area contributed by atoms with Crippen molar-refractivity contribution in [2.24, 2.45) is 12.8 Å². The van der Waals surface area contributed by atoms with Gasteiger partial charge >= 0.3 is 0 Å². The van der Waals surface area contributed by atoms with E-state index in [1.807, 2.05) is 0 Å². The summed E-state index contributed by atoms with van der Waals surface area (Å²) in [7, 11) is -2.00. The number of sulfonamides is 1. The van der Waals surface area contributed by atoms with E-state index in [1.165, 1.54) is 29.2 Å². The Morgan fingerprint density at radius 3 is 2.63 bits per heavy atom. The number of aromatic nitrogens is 3. The highest BCUT2D eigenvalue weighted by Crippen LogP contribution is 2.14. The number of hydrogen-bond acceptors (Lipinski definition) is 5. The van der Waals surface area contributed by atoms with Gasteiger partial charge in [-0.2, -0.15) is 5.10 Å². The molecule has 0 saturated heterocycles. The third kappa shape index (κ3) is 3.06. The van der Waals surface area contributed by atoms with E-state index in [0.29, 0.717) is 11.4 Å². The molecule has 2 rings (SSSR count). The average Bonchev–Trinajstić information content (AvgIpc) is 2.74. The monoisotopic (exact) mass is 297 g/mol. The molecule has 100 valence electrons. The van der Waals surface area contributed by atoms with Crippen molar-refractivity contribution in [3.8, 4) is 0 Å². The minimum absolute atomic E-state index is 0.0244. The van der Waals surface area contributed by atoms with Gasteiger partial charge in [0, 0.05) is 19.4 Å². The lowest BCUT2D eigenvalue weighted by atomic mass is 10.3. The molecule has 0 fully saturated rings. The molecule has 0 aliphatic rings. The summed E-state index contributed by atoms with van der Waals surface area (Å²) in [6.45, 7) is 0. The summed E-state index contributed by atoms with van der Waals surface area (Å²) in [5, 5.41) is 3.87. The highest BCUT2D eigenvalue weighted by atomic mass is 32.2. The number of nitrogens with zero attached hydrogens (tertiary/aromatic N) is 3. The van der Waals surface area contributed by atoms with Crippen LogP contribution in [0.5, 0.6) is 0 Å². The highest BCUT2D eigenvalue weighted by Gasteiger charge is 2.15. The molecule has 3 N–H and O–H groups in total. The van der Waals surface area contributed by atoms with Gasteiger partial charge in [0.2, 0.25) is 0 Å². The first kappa shape index (κ1) is 13.4. The van der Waals surface area contributed by atoms with Crippen LogP contribution in [-0.4, -0.2) is 28.2 Å². The van der Waals surface area contributed by atoms with Crippen molar-refractivity contribution in [2.75, 3.05) is 4.72 Å². The molecule has 0 aliphatic carbocycles. The second kappa shape index (κ2) is 4.94. The Hall–Kier alpha value is -2.00. The van der Waals surface area contributed by atoms with Gasteiger partial charge in [0.15, 0.2) is 0 Å². The second-order valence-electron chi connectivity index (χ2n) is 3.75. The van der Waals surface area contributed by atoms with E-state index in [-0.39, 0.29) is 9.88 Å². The van der Waals surface area contributed by atoms with Crippen LogP contribution in [0.4, 0.5) is 5.69 Å².